The second kappa shape index (κ2) is 4.61. The van der Waals surface area contributed by atoms with Crippen molar-refractivity contribution >= 4 is 0 Å². The Labute approximate surface area is 77.1 Å². The summed E-state index contributed by atoms with van der Waals surface area (Å²) in [7, 11) is 4.97. The maximum absolute atomic E-state index is 5.03. The highest BCUT2D eigenvalue weighted by molar-refractivity contribution is 5.28. The molecule has 1 N–H and O–H groups in total. The van der Waals surface area contributed by atoms with Crippen LogP contribution in [0.1, 0.15) is 5.56 Å². The van der Waals surface area contributed by atoms with Crippen molar-refractivity contribution < 1.29 is 9.47 Å². The van der Waals surface area contributed by atoms with E-state index in [1.165, 1.54) is 0 Å². The van der Waals surface area contributed by atoms with E-state index in [1.54, 1.807) is 20.3 Å². The van der Waals surface area contributed by atoms with E-state index in [0.717, 1.165) is 5.56 Å². The summed E-state index contributed by atoms with van der Waals surface area (Å²) >= 11 is 0. The minimum Gasteiger partial charge on any atom is -0.480 e. The Morgan fingerprint density at radius 2 is 2.08 bits per heavy atom. The quantitative estimate of drug-likeness (QED) is 0.723. The number of rotatable bonds is 4. The van der Waals surface area contributed by atoms with Gasteiger partial charge in [0.25, 0.3) is 0 Å². The zero-order chi connectivity index (χ0) is 9.68. The number of ether oxygens (including phenoxy) is 2. The highest BCUT2D eigenvalue weighted by Gasteiger charge is 2.06. The fraction of sp³-hybridized carbons (Fsp3) is 0.500. The fourth-order valence-electron chi connectivity index (χ4n) is 0.987. The first-order chi connectivity index (χ1) is 6.31. The van der Waals surface area contributed by atoms with Crippen LogP contribution in [0.25, 0.3) is 0 Å². The smallest absolute Gasteiger partial charge is 0.237 e. The lowest BCUT2D eigenvalue weighted by atomic mass is 10.3. The van der Waals surface area contributed by atoms with Crippen molar-refractivity contribution in [2.75, 3.05) is 21.3 Å². The summed E-state index contributed by atoms with van der Waals surface area (Å²) in [6.07, 6.45) is 0. The molecule has 0 bridgehead atoms. The third kappa shape index (κ3) is 2.29. The van der Waals surface area contributed by atoms with Gasteiger partial charge >= 0.3 is 0 Å². The van der Waals surface area contributed by atoms with E-state index in [4.69, 9.17) is 9.47 Å². The first kappa shape index (κ1) is 9.73. The number of nitrogens with zero attached hydrogens (tertiary/aromatic N) is 2. The van der Waals surface area contributed by atoms with Crippen molar-refractivity contribution in [3.05, 3.63) is 11.6 Å². The zero-order valence-electron chi connectivity index (χ0n) is 8.00. The predicted octanol–water partition coefficient (Wildman–Crippen LogP) is 0.213. The largest absolute Gasteiger partial charge is 0.480 e. The summed E-state index contributed by atoms with van der Waals surface area (Å²) in [5.74, 6) is 1.02. The van der Waals surface area contributed by atoms with Gasteiger partial charge in [-0.2, -0.15) is 0 Å². The van der Waals surface area contributed by atoms with Gasteiger partial charge in [-0.25, -0.2) is 0 Å². The van der Waals surface area contributed by atoms with Crippen molar-refractivity contribution in [2.45, 2.75) is 6.54 Å². The molecule has 1 aromatic rings. The van der Waals surface area contributed by atoms with Gasteiger partial charge in [0.05, 0.1) is 14.2 Å². The van der Waals surface area contributed by atoms with Gasteiger partial charge in [-0.1, -0.05) is 0 Å². The lowest BCUT2D eigenvalue weighted by molar-refractivity contribution is 0.362. The molecule has 0 aliphatic rings. The van der Waals surface area contributed by atoms with Crippen molar-refractivity contribution in [2.24, 2.45) is 0 Å². The summed E-state index contributed by atoms with van der Waals surface area (Å²) in [6.45, 7) is 0.676. The molecular formula is C8H13N3O2. The molecule has 0 aromatic carbocycles. The Morgan fingerprint density at radius 3 is 2.62 bits per heavy atom. The van der Waals surface area contributed by atoms with Gasteiger partial charge in [0.1, 0.15) is 0 Å². The molecule has 0 spiro atoms. The van der Waals surface area contributed by atoms with E-state index < -0.39 is 0 Å². The molecule has 5 heteroatoms. The second-order valence-electron chi connectivity index (χ2n) is 2.45. The van der Waals surface area contributed by atoms with Gasteiger partial charge in [0.2, 0.25) is 11.8 Å². The van der Waals surface area contributed by atoms with Crippen molar-refractivity contribution in [1.82, 2.24) is 15.5 Å². The topological polar surface area (TPSA) is 56.3 Å². The van der Waals surface area contributed by atoms with E-state index in [2.05, 4.69) is 15.5 Å². The van der Waals surface area contributed by atoms with Crippen molar-refractivity contribution in [3.63, 3.8) is 0 Å². The van der Waals surface area contributed by atoms with Crippen molar-refractivity contribution in [3.8, 4) is 11.8 Å². The zero-order valence-corrected chi connectivity index (χ0v) is 8.00. The standard InChI is InChI=1S/C8H13N3O2/c1-9-5-6-4-7(12-2)10-11-8(6)13-3/h4,9H,5H2,1-3H3. The second-order valence-corrected chi connectivity index (χ2v) is 2.45. The van der Waals surface area contributed by atoms with Gasteiger partial charge in [-0.3, -0.25) is 0 Å². The summed E-state index contributed by atoms with van der Waals surface area (Å²) in [4.78, 5) is 0. The highest BCUT2D eigenvalue weighted by atomic mass is 16.5. The Morgan fingerprint density at radius 1 is 1.31 bits per heavy atom. The van der Waals surface area contributed by atoms with Crippen LogP contribution < -0.4 is 14.8 Å². The Bertz CT molecular complexity index is 278. The predicted molar refractivity (Wildman–Crippen MR) is 47.9 cm³/mol. The number of methoxy groups -OCH3 is 2. The van der Waals surface area contributed by atoms with Crippen LogP contribution in [0.5, 0.6) is 11.8 Å². The van der Waals surface area contributed by atoms with Crippen LogP contribution in [0, 0.1) is 0 Å². The van der Waals surface area contributed by atoms with Crippen LogP contribution in [0.3, 0.4) is 0 Å². The molecule has 0 fully saturated rings. The molecule has 5 nitrogen and oxygen atoms in total. The minimum atomic E-state index is 0.492. The third-order valence-electron chi connectivity index (χ3n) is 1.58. The van der Waals surface area contributed by atoms with Crippen LogP contribution in [-0.4, -0.2) is 31.5 Å². The van der Waals surface area contributed by atoms with E-state index in [9.17, 15) is 0 Å². The van der Waals surface area contributed by atoms with Gasteiger partial charge in [0.15, 0.2) is 0 Å². The van der Waals surface area contributed by atoms with Gasteiger partial charge < -0.3 is 14.8 Å². The van der Waals surface area contributed by atoms with Gasteiger partial charge in [-0.05, 0) is 7.05 Å². The van der Waals surface area contributed by atoms with E-state index in [0.29, 0.717) is 18.3 Å². The first-order valence-electron chi connectivity index (χ1n) is 3.91. The maximum Gasteiger partial charge on any atom is 0.237 e. The highest BCUT2D eigenvalue weighted by Crippen LogP contribution is 2.17. The van der Waals surface area contributed by atoms with Gasteiger partial charge in [0, 0.05) is 18.2 Å². The summed E-state index contributed by atoms with van der Waals surface area (Å²) in [5.41, 5.74) is 0.928. The molecular weight excluding hydrogens is 170 g/mol. The molecule has 13 heavy (non-hydrogen) atoms. The molecule has 0 aliphatic heterocycles. The Balaban J connectivity index is 2.95. The average Bonchev–Trinajstić information content (AvgIpc) is 2.18. The Kier molecular flexibility index (Phi) is 3.45. The SMILES string of the molecule is CNCc1cc(OC)nnc1OC. The van der Waals surface area contributed by atoms with E-state index >= 15 is 0 Å². The normalized spacial score (nSPS) is 9.77. The molecule has 0 atom stereocenters. The molecule has 1 heterocycles. The lowest BCUT2D eigenvalue weighted by Gasteiger charge is -2.06. The van der Waals surface area contributed by atoms with E-state index in [1.807, 2.05) is 7.05 Å². The molecule has 0 unspecified atom stereocenters. The van der Waals surface area contributed by atoms with Crippen LogP contribution in [0.4, 0.5) is 0 Å². The van der Waals surface area contributed by atoms with E-state index in [-0.39, 0.29) is 0 Å². The molecule has 0 saturated heterocycles. The summed E-state index contributed by atoms with van der Waals surface area (Å²) in [5, 5.41) is 10.6. The number of nitrogens with one attached hydrogen (secondary N) is 1. The summed E-state index contributed by atoms with van der Waals surface area (Å²) in [6, 6.07) is 1.79. The third-order valence-corrected chi connectivity index (χ3v) is 1.58. The lowest BCUT2D eigenvalue weighted by Crippen LogP contribution is -2.08. The van der Waals surface area contributed by atoms with Crippen LogP contribution in [-0.2, 0) is 6.54 Å². The first-order valence-corrected chi connectivity index (χ1v) is 3.91. The molecule has 1 rings (SSSR count). The minimum absolute atomic E-state index is 0.492. The fourth-order valence-corrected chi connectivity index (χ4v) is 0.987. The number of hydrogen-bond donors (Lipinski definition) is 1. The molecule has 72 valence electrons. The van der Waals surface area contributed by atoms with Gasteiger partial charge in [-0.15, -0.1) is 10.2 Å². The van der Waals surface area contributed by atoms with Crippen LogP contribution in [0.2, 0.25) is 0 Å². The average molecular weight is 183 g/mol. The number of hydrogen-bond acceptors (Lipinski definition) is 5. The molecule has 0 amide bonds. The monoisotopic (exact) mass is 183 g/mol. The molecule has 0 radical (unpaired) electrons. The van der Waals surface area contributed by atoms with Crippen molar-refractivity contribution in [1.29, 1.82) is 0 Å². The van der Waals surface area contributed by atoms with Crippen LogP contribution >= 0.6 is 0 Å². The Hall–Kier alpha value is -1.36. The maximum atomic E-state index is 5.03. The number of aromatic nitrogens is 2. The molecule has 0 aliphatic carbocycles. The summed E-state index contributed by atoms with van der Waals surface area (Å²) < 4.78 is 9.97. The van der Waals surface area contributed by atoms with Crippen LogP contribution in [0.15, 0.2) is 6.07 Å². The molecule has 1 aromatic heterocycles. The molecule has 0 saturated carbocycles.